The van der Waals surface area contributed by atoms with Crippen LogP contribution >= 0.6 is 0 Å². The monoisotopic (exact) mass is 352 g/mol. The molecule has 3 aliphatic rings. The Labute approximate surface area is 153 Å². The smallest absolute Gasteiger partial charge is 0.227 e. The van der Waals surface area contributed by atoms with Gasteiger partial charge >= 0.3 is 0 Å². The van der Waals surface area contributed by atoms with E-state index < -0.39 is 0 Å². The number of amides is 1. The third kappa shape index (κ3) is 3.11. The van der Waals surface area contributed by atoms with Crippen molar-refractivity contribution in [1.82, 2.24) is 14.9 Å². The molecule has 5 rings (SSSR count). The van der Waals surface area contributed by atoms with Crippen molar-refractivity contribution in [1.29, 1.82) is 0 Å². The highest BCUT2D eigenvalue weighted by Gasteiger charge is 2.47. The van der Waals surface area contributed by atoms with Crippen molar-refractivity contribution >= 4 is 11.7 Å². The number of anilines is 1. The first kappa shape index (κ1) is 16.8. The Morgan fingerprint density at radius 2 is 1.96 bits per heavy atom. The number of piperazine rings is 1. The average molecular weight is 352 g/mol. The van der Waals surface area contributed by atoms with E-state index in [1.807, 2.05) is 44.2 Å². The van der Waals surface area contributed by atoms with E-state index in [-0.39, 0.29) is 18.0 Å². The topological polar surface area (TPSA) is 58.6 Å². The number of carbonyl (C=O) groups excluding carboxylic acids is 1. The molecule has 2 bridgehead atoms. The number of aryl methyl sites for hydroxylation is 2. The Hall–Kier alpha value is -2.63. The SMILES string of the molecule is COc1cccc(CC(=O)N2C3CC2CN(c2cc(C)nc(C)n2)C3)c1. The van der Waals surface area contributed by atoms with E-state index in [0.717, 1.165) is 48.2 Å². The van der Waals surface area contributed by atoms with Gasteiger partial charge in [0, 0.05) is 24.8 Å². The molecule has 3 saturated heterocycles. The highest BCUT2D eigenvalue weighted by Crippen LogP contribution is 2.34. The fraction of sp³-hybridized carbons (Fsp3) is 0.450. The predicted octanol–water partition coefficient (Wildman–Crippen LogP) is 2.13. The molecule has 1 aromatic heterocycles. The molecule has 0 spiro atoms. The van der Waals surface area contributed by atoms with Crippen LogP contribution in [-0.2, 0) is 11.2 Å². The number of hydrogen-bond donors (Lipinski definition) is 0. The van der Waals surface area contributed by atoms with Crippen LogP contribution in [0.4, 0.5) is 5.82 Å². The maximum Gasteiger partial charge on any atom is 0.227 e. The van der Waals surface area contributed by atoms with Crippen molar-refractivity contribution < 1.29 is 9.53 Å². The second-order valence-corrected chi connectivity index (χ2v) is 7.19. The summed E-state index contributed by atoms with van der Waals surface area (Å²) >= 11 is 0. The Morgan fingerprint density at radius 3 is 2.65 bits per heavy atom. The maximum absolute atomic E-state index is 12.8. The molecule has 0 N–H and O–H groups in total. The van der Waals surface area contributed by atoms with Gasteiger partial charge in [0.05, 0.1) is 25.6 Å². The minimum absolute atomic E-state index is 0.203. The van der Waals surface area contributed by atoms with Crippen LogP contribution in [0.25, 0.3) is 0 Å². The number of ether oxygens (including phenoxy) is 1. The first-order valence-electron chi connectivity index (χ1n) is 9.05. The second-order valence-electron chi connectivity index (χ2n) is 7.19. The summed E-state index contributed by atoms with van der Waals surface area (Å²) in [5, 5.41) is 0. The van der Waals surface area contributed by atoms with Crippen LogP contribution in [0, 0.1) is 13.8 Å². The Balaban J connectivity index is 1.43. The summed E-state index contributed by atoms with van der Waals surface area (Å²) in [6.07, 6.45) is 1.51. The molecule has 3 fully saturated rings. The van der Waals surface area contributed by atoms with Crippen LogP contribution in [0.5, 0.6) is 5.75 Å². The Bertz CT molecular complexity index is 806. The summed E-state index contributed by atoms with van der Waals surface area (Å²) in [5.74, 6) is 2.77. The molecule has 0 aliphatic carbocycles. The third-order valence-corrected chi connectivity index (χ3v) is 5.25. The van der Waals surface area contributed by atoms with Crippen LogP contribution in [0.1, 0.15) is 23.5 Å². The molecule has 6 heteroatoms. The van der Waals surface area contributed by atoms with E-state index >= 15 is 0 Å². The summed E-state index contributed by atoms with van der Waals surface area (Å²) in [6, 6.07) is 10.3. The zero-order valence-electron chi connectivity index (χ0n) is 15.5. The number of benzene rings is 1. The first-order chi connectivity index (χ1) is 12.5. The standard InChI is InChI=1S/C20H24N4O2/c1-13-7-19(22-14(2)21-13)23-11-16-10-17(12-23)24(16)20(25)9-15-5-4-6-18(8-15)26-3/h4-8,16-17H,9-12H2,1-3H3. The largest absolute Gasteiger partial charge is 0.497 e. The highest BCUT2D eigenvalue weighted by atomic mass is 16.5. The molecule has 3 aliphatic heterocycles. The van der Waals surface area contributed by atoms with Crippen LogP contribution in [0.15, 0.2) is 30.3 Å². The highest BCUT2D eigenvalue weighted by molar-refractivity contribution is 5.81. The summed E-state index contributed by atoms with van der Waals surface area (Å²) in [6.45, 7) is 5.60. The van der Waals surface area contributed by atoms with Gasteiger partial charge in [0.15, 0.2) is 0 Å². The van der Waals surface area contributed by atoms with Crippen molar-refractivity contribution in [3.63, 3.8) is 0 Å². The summed E-state index contributed by atoms with van der Waals surface area (Å²) in [7, 11) is 1.64. The molecule has 2 unspecified atom stereocenters. The lowest BCUT2D eigenvalue weighted by atomic mass is 9.86. The van der Waals surface area contributed by atoms with Gasteiger partial charge in [0.1, 0.15) is 17.4 Å². The van der Waals surface area contributed by atoms with Crippen molar-refractivity contribution in [3.05, 3.63) is 47.4 Å². The summed E-state index contributed by atoms with van der Waals surface area (Å²) in [4.78, 5) is 26.1. The molecule has 2 aromatic rings. The minimum Gasteiger partial charge on any atom is -0.497 e. The van der Waals surface area contributed by atoms with Gasteiger partial charge in [0.25, 0.3) is 0 Å². The number of carbonyl (C=O) groups is 1. The Kier molecular flexibility index (Phi) is 4.26. The van der Waals surface area contributed by atoms with Gasteiger partial charge < -0.3 is 14.5 Å². The van der Waals surface area contributed by atoms with E-state index in [2.05, 4.69) is 19.8 Å². The van der Waals surface area contributed by atoms with E-state index in [4.69, 9.17) is 4.74 Å². The van der Waals surface area contributed by atoms with Crippen LogP contribution in [0.3, 0.4) is 0 Å². The fourth-order valence-electron chi connectivity index (χ4n) is 4.11. The number of rotatable bonds is 4. The number of aromatic nitrogens is 2. The third-order valence-electron chi connectivity index (χ3n) is 5.25. The van der Waals surface area contributed by atoms with E-state index in [0.29, 0.717) is 6.42 Å². The van der Waals surface area contributed by atoms with Gasteiger partial charge in [-0.2, -0.15) is 0 Å². The molecule has 0 radical (unpaired) electrons. The van der Waals surface area contributed by atoms with Gasteiger partial charge in [-0.3, -0.25) is 4.79 Å². The predicted molar refractivity (Wildman–Crippen MR) is 99.5 cm³/mol. The van der Waals surface area contributed by atoms with E-state index in [9.17, 15) is 4.79 Å². The lowest BCUT2D eigenvalue weighted by Gasteiger charge is -2.56. The number of nitrogens with zero attached hydrogens (tertiary/aromatic N) is 4. The lowest BCUT2D eigenvalue weighted by molar-refractivity contribution is -0.145. The molecule has 6 nitrogen and oxygen atoms in total. The zero-order valence-corrected chi connectivity index (χ0v) is 15.5. The molecular weight excluding hydrogens is 328 g/mol. The molecule has 1 aromatic carbocycles. The first-order valence-corrected chi connectivity index (χ1v) is 9.05. The molecule has 0 saturated carbocycles. The molecule has 136 valence electrons. The van der Waals surface area contributed by atoms with Crippen LogP contribution in [0.2, 0.25) is 0 Å². The quantitative estimate of drug-likeness (QED) is 0.844. The van der Waals surface area contributed by atoms with Gasteiger partial charge in [0.2, 0.25) is 5.91 Å². The average Bonchev–Trinajstić information content (AvgIpc) is 2.61. The number of hydrogen-bond acceptors (Lipinski definition) is 5. The number of fused-ring (bicyclic) bond motifs is 2. The molecule has 4 heterocycles. The lowest BCUT2D eigenvalue weighted by Crippen LogP contribution is -2.70. The van der Waals surface area contributed by atoms with Gasteiger partial charge in [-0.05, 0) is 38.0 Å². The van der Waals surface area contributed by atoms with Crippen molar-refractivity contribution in [2.24, 2.45) is 0 Å². The van der Waals surface area contributed by atoms with Crippen molar-refractivity contribution in [2.75, 3.05) is 25.1 Å². The van der Waals surface area contributed by atoms with Gasteiger partial charge in [-0.1, -0.05) is 12.1 Å². The van der Waals surface area contributed by atoms with Crippen LogP contribution < -0.4 is 9.64 Å². The van der Waals surface area contributed by atoms with Crippen LogP contribution in [-0.4, -0.2) is 53.1 Å². The summed E-state index contributed by atoms with van der Waals surface area (Å²) in [5.41, 5.74) is 1.98. The maximum atomic E-state index is 12.8. The summed E-state index contributed by atoms with van der Waals surface area (Å²) < 4.78 is 5.25. The van der Waals surface area contributed by atoms with Crippen molar-refractivity contribution in [2.45, 2.75) is 38.8 Å². The molecule has 26 heavy (non-hydrogen) atoms. The fourth-order valence-corrected chi connectivity index (χ4v) is 4.11. The number of methoxy groups -OCH3 is 1. The Morgan fingerprint density at radius 1 is 1.19 bits per heavy atom. The minimum atomic E-state index is 0.203. The zero-order chi connectivity index (χ0) is 18.3. The second kappa shape index (κ2) is 6.59. The van der Waals surface area contributed by atoms with Gasteiger partial charge in [-0.15, -0.1) is 0 Å². The van der Waals surface area contributed by atoms with Crippen molar-refractivity contribution in [3.8, 4) is 5.75 Å². The molecule has 2 atom stereocenters. The number of piperidine rings is 1. The molecular formula is C20H24N4O2. The normalized spacial score (nSPS) is 21.3. The van der Waals surface area contributed by atoms with E-state index in [1.165, 1.54) is 0 Å². The molecule has 1 amide bonds. The van der Waals surface area contributed by atoms with E-state index in [1.54, 1.807) is 7.11 Å². The van der Waals surface area contributed by atoms with Gasteiger partial charge in [-0.25, -0.2) is 9.97 Å².